The van der Waals surface area contributed by atoms with Crippen molar-refractivity contribution in [1.82, 2.24) is 10.2 Å². The lowest BCUT2D eigenvalue weighted by atomic mass is 9.99. The minimum atomic E-state index is -0.125. The molecule has 0 spiro atoms. The quantitative estimate of drug-likeness (QED) is 0.908. The molecular weight excluding hydrogens is 288 g/mol. The third-order valence-corrected chi connectivity index (χ3v) is 4.49. The number of benzene rings is 1. The summed E-state index contributed by atoms with van der Waals surface area (Å²) in [4.78, 5) is 14.5. The zero-order chi connectivity index (χ0) is 15.4. The largest absolute Gasteiger partial charge is 0.379 e. The monoisotopic (exact) mass is 310 g/mol. The van der Waals surface area contributed by atoms with Gasteiger partial charge in [-0.1, -0.05) is 36.7 Å². The summed E-state index contributed by atoms with van der Waals surface area (Å²) >= 11 is 6.23. The SMILES string of the molecule is CCNC1COCC1C(=O)N(C)C(C)c1ccccc1Cl. The molecule has 1 heterocycles. The number of hydrogen-bond acceptors (Lipinski definition) is 3. The number of halogens is 1. The molecule has 1 aromatic rings. The van der Waals surface area contributed by atoms with Gasteiger partial charge in [0.05, 0.1) is 25.2 Å². The van der Waals surface area contributed by atoms with Crippen LogP contribution in [0.25, 0.3) is 0 Å². The topological polar surface area (TPSA) is 41.6 Å². The minimum absolute atomic E-state index is 0.0610. The van der Waals surface area contributed by atoms with Crippen LogP contribution >= 0.6 is 11.6 Å². The van der Waals surface area contributed by atoms with Gasteiger partial charge in [0, 0.05) is 18.1 Å². The summed E-state index contributed by atoms with van der Waals surface area (Å²) in [6, 6.07) is 7.69. The van der Waals surface area contributed by atoms with Crippen LogP contribution in [0.3, 0.4) is 0 Å². The second-order valence-electron chi connectivity index (χ2n) is 5.45. The predicted molar refractivity (Wildman–Crippen MR) is 84.4 cm³/mol. The molecule has 0 saturated carbocycles. The van der Waals surface area contributed by atoms with Gasteiger partial charge < -0.3 is 15.0 Å². The molecule has 3 atom stereocenters. The van der Waals surface area contributed by atoms with E-state index in [1.165, 1.54) is 0 Å². The fourth-order valence-electron chi connectivity index (χ4n) is 2.74. The maximum Gasteiger partial charge on any atom is 0.229 e. The van der Waals surface area contributed by atoms with Crippen LogP contribution in [-0.4, -0.2) is 43.7 Å². The molecule has 1 aliphatic heterocycles. The van der Waals surface area contributed by atoms with Crippen LogP contribution in [0.2, 0.25) is 5.02 Å². The van der Waals surface area contributed by atoms with Crippen molar-refractivity contribution in [2.24, 2.45) is 5.92 Å². The van der Waals surface area contributed by atoms with Gasteiger partial charge in [0.1, 0.15) is 0 Å². The smallest absolute Gasteiger partial charge is 0.229 e. The standard InChI is InChI=1S/C16H23ClN2O2/c1-4-18-15-10-21-9-13(15)16(20)19(3)11(2)12-7-5-6-8-14(12)17/h5-8,11,13,15,18H,4,9-10H2,1-3H3. The maximum absolute atomic E-state index is 12.7. The molecule has 5 heteroatoms. The Morgan fingerprint density at radius 1 is 1.48 bits per heavy atom. The highest BCUT2D eigenvalue weighted by Gasteiger charge is 2.36. The lowest BCUT2D eigenvalue weighted by molar-refractivity contribution is -0.136. The van der Waals surface area contributed by atoms with Crippen LogP contribution in [0.4, 0.5) is 0 Å². The van der Waals surface area contributed by atoms with Crippen molar-refractivity contribution in [3.8, 4) is 0 Å². The van der Waals surface area contributed by atoms with Crippen molar-refractivity contribution in [2.75, 3.05) is 26.8 Å². The summed E-state index contributed by atoms with van der Waals surface area (Å²) < 4.78 is 5.47. The molecule has 2 rings (SSSR count). The van der Waals surface area contributed by atoms with E-state index < -0.39 is 0 Å². The van der Waals surface area contributed by atoms with Crippen LogP contribution in [0.1, 0.15) is 25.5 Å². The first-order chi connectivity index (χ1) is 10.1. The van der Waals surface area contributed by atoms with Crippen LogP contribution in [0, 0.1) is 5.92 Å². The molecule has 1 N–H and O–H groups in total. The molecule has 0 aliphatic carbocycles. The van der Waals surface area contributed by atoms with Gasteiger partial charge in [-0.3, -0.25) is 4.79 Å². The first kappa shape index (κ1) is 16.3. The van der Waals surface area contributed by atoms with Crippen LogP contribution in [0.15, 0.2) is 24.3 Å². The average Bonchev–Trinajstić information content (AvgIpc) is 2.94. The van der Waals surface area contributed by atoms with Gasteiger partial charge in [0.2, 0.25) is 5.91 Å². The van der Waals surface area contributed by atoms with E-state index in [0.717, 1.165) is 12.1 Å². The number of hydrogen-bond donors (Lipinski definition) is 1. The van der Waals surface area contributed by atoms with E-state index in [4.69, 9.17) is 16.3 Å². The summed E-state index contributed by atoms with van der Waals surface area (Å²) in [5.41, 5.74) is 0.967. The van der Waals surface area contributed by atoms with Gasteiger partial charge in [0.15, 0.2) is 0 Å². The first-order valence-electron chi connectivity index (χ1n) is 7.38. The van der Waals surface area contributed by atoms with Crippen LogP contribution in [-0.2, 0) is 9.53 Å². The molecule has 0 aromatic heterocycles. The van der Waals surface area contributed by atoms with Crippen LogP contribution < -0.4 is 5.32 Å². The molecule has 4 nitrogen and oxygen atoms in total. The molecule has 0 bridgehead atoms. The van der Waals surface area contributed by atoms with Gasteiger partial charge in [-0.05, 0) is 25.1 Å². The Balaban J connectivity index is 2.10. The molecule has 1 fully saturated rings. The molecule has 3 unspecified atom stereocenters. The zero-order valence-electron chi connectivity index (χ0n) is 12.8. The van der Waals surface area contributed by atoms with E-state index in [1.54, 1.807) is 4.90 Å². The number of nitrogens with zero attached hydrogens (tertiary/aromatic N) is 1. The molecule has 0 radical (unpaired) electrons. The highest BCUT2D eigenvalue weighted by Crippen LogP contribution is 2.28. The third kappa shape index (κ3) is 3.57. The normalized spacial score (nSPS) is 23.0. The van der Waals surface area contributed by atoms with Crippen molar-refractivity contribution in [3.63, 3.8) is 0 Å². The van der Waals surface area contributed by atoms with Gasteiger partial charge in [-0.25, -0.2) is 0 Å². The van der Waals surface area contributed by atoms with E-state index in [2.05, 4.69) is 5.32 Å². The minimum Gasteiger partial charge on any atom is -0.379 e. The fourth-order valence-corrected chi connectivity index (χ4v) is 3.03. The number of likely N-dealkylation sites (N-methyl/N-ethyl adjacent to an activating group) is 1. The fraction of sp³-hybridized carbons (Fsp3) is 0.562. The lowest BCUT2D eigenvalue weighted by Crippen LogP contribution is -2.45. The summed E-state index contributed by atoms with van der Waals surface area (Å²) in [6.45, 7) is 5.95. The van der Waals surface area contributed by atoms with E-state index in [0.29, 0.717) is 18.2 Å². The number of carbonyl (C=O) groups is 1. The Morgan fingerprint density at radius 2 is 2.19 bits per heavy atom. The van der Waals surface area contributed by atoms with Crippen molar-refractivity contribution < 1.29 is 9.53 Å². The Morgan fingerprint density at radius 3 is 2.86 bits per heavy atom. The number of rotatable bonds is 5. The molecule has 21 heavy (non-hydrogen) atoms. The Bertz CT molecular complexity index is 495. The summed E-state index contributed by atoms with van der Waals surface area (Å²) in [6.07, 6.45) is 0. The average molecular weight is 311 g/mol. The molecule has 1 aliphatic rings. The molecule has 116 valence electrons. The highest BCUT2D eigenvalue weighted by molar-refractivity contribution is 6.31. The van der Waals surface area contributed by atoms with E-state index in [1.807, 2.05) is 45.2 Å². The van der Waals surface area contributed by atoms with Gasteiger partial charge in [-0.15, -0.1) is 0 Å². The predicted octanol–water partition coefficient (Wildman–Crippen LogP) is 2.48. The number of amides is 1. The molecule has 1 aromatic carbocycles. The second kappa shape index (κ2) is 7.25. The van der Waals surface area contributed by atoms with E-state index >= 15 is 0 Å². The summed E-state index contributed by atoms with van der Waals surface area (Å²) in [7, 11) is 1.83. The van der Waals surface area contributed by atoms with E-state index in [9.17, 15) is 4.79 Å². The van der Waals surface area contributed by atoms with Gasteiger partial charge in [0.25, 0.3) is 0 Å². The Hall–Kier alpha value is -1.10. The Labute approximate surface area is 131 Å². The zero-order valence-corrected chi connectivity index (χ0v) is 13.6. The molecule has 1 amide bonds. The van der Waals surface area contributed by atoms with E-state index in [-0.39, 0.29) is 23.9 Å². The second-order valence-corrected chi connectivity index (χ2v) is 5.86. The van der Waals surface area contributed by atoms with Crippen molar-refractivity contribution >= 4 is 17.5 Å². The highest BCUT2D eigenvalue weighted by atomic mass is 35.5. The van der Waals surface area contributed by atoms with Crippen molar-refractivity contribution in [2.45, 2.75) is 25.9 Å². The Kier molecular flexibility index (Phi) is 5.62. The van der Waals surface area contributed by atoms with Gasteiger partial charge >= 0.3 is 0 Å². The number of ether oxygens (including phenoxy) is 1. The molecular formula is C16H23ClN2O2. The first-order valence-corrected chi connectivity index (χ1v) is 7.76. The number of carbonyl (C=O) groups excluding carboxylic acids is 1. The molecule has 1 saturated heterocycles. The van der Waals surface area contributed by atoms with Crippen molar-refractivity contribution in [3.05, 3.63) is 34.9 Å². The van der Waals surface area contributed by atoms with Crippen LogP contribution in [0.5, 0.6) is 0 Å². The summed E-state index contributed by atoms with van der Waals surface area (Å²) in [5.74, 6) is -0.0224. The summed E-state index contributed by atoms with van der Waals surface area (Å²) in [5, 5.41) is 4.01. The third-order valence-electron chi connectivity index (χ3n) is 4.15. The lowest BCUT2D eigenvalue weighted by Gasteiger charge is -2.30. The number of nitrogens with one attached hydrogen (secondary N) is 1. The van der Waals surface area contributed by atoms with Crippen molar-refractivity contribution in [1.29, 1.82) is 0 Å². The maximum atomic E-state index is 12.7. The van der Waals surface area contributed by atoms with Gasteiger partial charge in [-0.2, -0.15) is 0 Å².